The highest BCUT2D eigenvalue weighted by Gasteiger charge is 2.04. The summed E-state index contributed by atoms with van der Waals surface area (Å²) < 4.78 is 0. The van der Waals surface area contributed by atoms with Gasteiger partial charge < -0.3 is 5.32 Å². The Morgan fingerprint density at radius 3 is 2.33 bits per heavy atom. The van der Waals surface area contributed by atoms with Crippen molar-refractivity contribution in [3.63, 3.8) is 0 Å². The molecule has 0 spiro atoms. The Kier molecular flexibility index (Phi) is 9.45. The fourth-order valence-corrected chi connectivity index (χ4v) is 2.06. The third-order valence-corrected chi connectivity index (χ3v) is 3.33. The fraction of sp³-hybridized carbons (Fsp3) is 0.647. The van der Waals surface area contributed by atoms with E-state index in [2.05, 4.69) is 45.3 Å². The van der Waals surface area contributed by atoms with Crippen molar-refractivity contribution in [1.82, 2.24) is 5.32 Å². The van der Waals surface area contributed by atoms with Crippen molar-refractivity contribution in [1.29, 1.82) is 0 Å². The van der Waals surface area contributed by atoms with Crippen molar-refractivity contribution < 1.29 is 0 Å². The maximum absolute atomic E-state index is 4.01. The van der Waals surface area contributed by atoms with E-state index in [4.69, 9.17) is 0 Å². The van der Waals surface area contributed by atoms with E-state index in [1.54, 1.807) is 0 Å². The van der Waals surface area contributed by atoms with Gasteiger partial charge in [-0.05, 0) is 31.1 Å². The molecule has 0 saturated carbocycles. The van der Waals surface area contributed by atoms with E-state index in [1.807, 2.05) is 13.1 Å². The Bertz CT molecular complexity index is 273. The topological polar surface area (TPSA) is 12.0 Å². The number of allylic oxidation sites excluding steroid dienone is 4. The minimum absolute atomic E-state index is 0.583. The van der Waals surface area contributed by atoms with Gasteiger partial charge >= 0.3 is 0 Å². The third kappa shape index (κ3) is 8.16. The molecule has 0 aromatic rings. The summed E-state index contributed by atoms with van der Waals surface area (Å²) in [5.41, 5.74) is 2.55. The predicted octanol–water partition coefficient (Wildman–Crippen LogP) is 5.07. The molecule has 0 fully saturated rings. The van der Waals surface area contributed by atoms with Crippen LogP contribution in [0.3, 0.4) is 0 Å². The molecule has 0 heterocycles. The van der Waals surface area contributed by atoms with Crippen molar-refractivity contribution in [2.45, 2.75) is 52.9 Å². The van der Waals surface area contributed by atoms with Gasteiger partial charge in [-0.15, -0.1) is 0 Å². The lowest BCUT2D eigenvalue weighted by Gasteiger charge is -2.13. The zero-order valence-electron chi connectivity index (χ0n) is 12.8. The van der Waals surface area contributed by atoms with Gasteiger partial charge in [-0.3, -0.25) is 0 Å². The molecular formula is C17H31N. The van der Waals surface area contributed by atoms with Gasteiger partial charge in [-0.2, -0.15) is 0 Å². The van der Waals surface area contributed by atoms with Crippen molar-refractivity contribution in [2.75, 3.05) is 7.05 Å². The van der Waals surface area contributed by atoms with Crippen LogP contribution in [0, 0.1) is 11.8 Å². The maximum Gasteiger partial charge on any atom is 0.00597 e. The molecule has 0 aliphatic rings. The van der Waals surface area contributed by atoms with Crippen LogP contribution in [0.2, 0.25) is 0 Å². The first-order chi connectivity index (χ1) is 8.51. The summed E-state index contributed by atoms with van der Waals surface area (Å²) in [6.07, 6.45) is 10.6. The number of nitrogens with one attached hydrogen (secondary N) is 1. The highest BCUT2D eigenvalue weighted by atomic mass is 14.8. The lowest BCUT2D eigenvalue weighted by molar-refractivity contribution is 0.527. The van der Waals surface area contributed by atoms with E-state index in [0.717, 1.165) is 5.70 Å². The molecule has 0 amide bonds. The van der Waals surface area contributed by atoms with Crippen molar-refractivity contribution in [3.8, 4) is 0 Å². The second kappa shape index (κ2) is 9.99. The molecule has 0 radical (unpaired) electrons. The first-order valence-electron chi connectivity index (χ1n) is 7.21. The van der Waals surface area contributed by atoms with E-state index >= 15 is 0 Å². The van der Waals surface area contributed by atoms with Crippen LogP contribution >= 0.6 is 0 Å². The van der Waals surface area contributed by atoms with E-state index in [1.165, 1.54) is 37.7 Å². The summed E-state index contributed by atoms with van der Waals surface area (Å²) in [6.45, 7) is 14.6. The molecular weight excluding hydrogens is 218 g/mol. The summed E-state index contributed by atoms with van der Waals surface area (Å²) in [5, 5.41) is 3.14. The van der Waals surface area contributed by atoms with Crippen LogP contribution < -0.4 is 5.32 Å². The Morgan fingerprint density at radius 1 is 1.17 bits per heavy atom. The maximum atomic E-state index is 4.01. The molecule has 1 nitrogen and oxygen atoms in total. The molecule has 0 aromatic carbocycles. The molecule has 0 aliphatic heterocycles. The zero-order chi connectivity index (χ0) is 14.0. The lowest BCUT2D eigenvalue weighted by Crippen LogP contribution is -2.12. The average molecular weight is 249 g/mol. The standard InChI is InChI=1S/C17H31N/c1-7-17(13-14(2)3)12-10-8-9-11-15(4)16(5)18-6/h7,13-15,18H,1,5,8-12H2,2-4,6H3/b17-13-. The Hall–Kier alpha value is -0.980. The van der Waals surface area contributed by atoms with E-state index in [-0.39, 0.29) is 0 Å². The number of hydrogen-bond donors (Lipinski definition) is 1. The highest BCUT2D eigenvalue weighted by molar-refractivity contribution is 5.16. The average Bonchev–Trinajstić information content (AvgIpc) is 2.35. The predicted molar refractivity (Wildman–Crippen MR) is 83.6 cm³/mol. The largest absolute Gasteiger partial charge is 0.392 e. The molecule has 1 heteroatoms. The first-order valence-corrected chi connectivity index (χ1v) is 7.21. The van der Waals surface area contributed by atoms with Crippen LogP contribution in [0.4, 0.5) is 0 Å². The molecule has 18 heavy (non-hydrogen) atoms. The van der Waals surface area contributed by atoms with Crippen LogP contribution in [0.25, 0.3) is 0 Å². The minimum Gasteiger partial charge on any atom is -0.392 e. The summed E-state index contributed by atoms with van der Waals surface area (Å²) in [6, 6.07) is 0. The molecule has 0 aliphatic carbocycles. The summed E-state index contributed by atoms with van der Waals surface area (Å²) in [4.78, 5) is 0. The van der Waals surface area contributed by atoms with Crippen LogP contribution in [0.15, 0.2) is 36.6 Å². The molecule has 1 atom stereocenters. The first kappa shape index (κ1) is 17.0. The lowest BCUT2D eigenvalue weighted by atomic mass is 9.98. The zero-order valence-corrected chi connectivity index (χ0v) is 12.8. The van der Waals surface area contributed by atoms with Gasteiger partial charge in [-0.25, -0.2) is 0 Å². The quantitative estimate of drug-likeness (QED) is 0.421. The fourth-order valence-electron chi connectivity index (χ4n) is 2.06. The minimum atomic E-state index is 0.583. The van der Waals surface area contributed by atoms with Crippen LogP contribution in [0.1, 0.15) is 52.9 Å². The van der Waals surface area contributed by atoms with Gasteiger partial charge in [0.15, 0.2) is 0 Å². The number of hydrogen-bond acceptors (Lipinski definition) is 1. The van der Waals surface area contributed by atoms with E-state index < -0.39 is 0 Å². The molecule has 0 saturated heterocycles. The smallest absolute Gasteiger partial charge is 0.00597 e. The SMILES string of the molecule is C=C/C(=C/C(C)C)CCCCCC(C)C(=C)NC. The van der Waals surface area contributed by atoms with Crippen molar-refractivity contribution in [3.05, 3.63) is 36.6 Å². The third-order valence-electron chi connectivity index (χ3n) is 3.33. The van der Waals surface area contributed by atoms with Gasteiger partial charge in [0.25, 0.3) is 0 Å². The Morgan fingerprint density at radius 2 is 1.83 bits per heavy atom. The van der Waals surface area contributed by atoms with Gasteiger partial charge in [-0.1, -0.05) is 64.5 Å². The van der Waals surface area contributed by atoms with Crippen LogP contribution in [-0.2, 0) is 0 Å². The van der Waals surface area contributed by atoms with Gasteiger partial charge in [0.2, 0.25) is 0 Å². The van der Waals surface area contributed by atoms with Crippen LogP contribution in [-0.4, -0.2) is 7.05 Å². The van der Waals surface area contributed by atoms with Gasteiger partial charge in [0.05, 0.1) is 0 Å². The summed E-state index contributed by atoms with van der Waals surface area (Å²) >= 11 is 0. The van der Waals surface area contributed by atoms with Crippen molar-refractivity contribution in [2.24, 2.45) is 11.8 Å². The monoisotopic (exact) mass is 249 g/mol. The van der Waals surface area contributed by atoms with Gasteiger partial charge in [0.1, 0.15) is 0 Å². The Labute approximate surface area is 114 Å². The number of rotatable bonds is 10. The van der Waals surface area contributed by atoms with Gasteiger partial charge in [0, 0.05) is 12.7 Å². The molecule has 1 unspecified atom stereocenters. The van der Waals surface area contributed by atoms with E-state index in [9.17, 15) is 0 Å². The second-order valence-electron chi connectivity index (χ2n) is 5.47. The van der Waals surface area contributed by atoms with Crippen molar-refractivity contribution >= 4 is 0 Å². The highest BCUT2D eigenvalue weighted by Crippen LogP contribution is 2.17. The molecule has 104 valence electrons. The molecule has 0 aromatic heterocycles. The summed E-state index contributed by atoms with van der Waals surface area (Å²) in [7, 11) is 1.95. The van der Waals surface area contributed by atoms with Crippen LogP contribution in [0.5, 0.6) is 0 Å². The normalized spacial score (nSPS) is 13.5. The molecule has 0 rings (SSSR count). The second-order valence-corrected chi connectivity index (χ2v) is 5.47. The summed E-state index contributed by atoms with van der Waals surface area (Å²) in [5.74, 6) is 1.21. The number of unbranched alkanes of at least 4 members (excludes halogenated alkanes) is 2. The Balaban J connectivity index is 3.73. The van der Waals surface area contributed by atoms with E-state index in [0.29, 0.717) is 11.8 Å². The molecule has 0 bridgehead atoms. The molecule has 1 N–H and O–H groups in total.